The Labute approximate surface area is 166 Å². The van der Waals surface area contributed by atoms with E-state index >= 15 is 0 Å². The van der Waals surface area contributed by atoms with E-state index in [2.05, 4.69) is 4.98 Å². The Hall–Kier alpha value is -2.20. The standard InChI is InChI=1S/C19H20N2O5S2/c22-17(23)11-14-15(10-13-4-2-1-3-5-13)20-19-18(14)16(12-27-19)28(24,25)21-6-8-26-9-7-21/h1-5,12,20H,6-11H2,(H,22,23). The van der Waals surface area contributed by atoms with E-state index in [0.717, 1.165) is 11.3 Å². The number of carbonyl (C=O) groups is 1. The van der Waals surface area contributed by atoms with Crippen LogP contribution < -0.4 is 0 Å². The van der Waals surface area contributed by atoms with Crippen LogP contribution in [0.25, 0.3) is 10.2 Å². The number of thiophene rings is 1. The zero-order valence-electron chi connectivity index (χ0n) is 15.1. The average Bonchev–Trinajstić information content (AvgIpc) is 3.24. The number of aromatic nitrogens is 1. The topological polar surface area (TPSA) is 99.7 Å². The summed E-state index contributed by atoms with van der Waals surface area (Å²) < 4.78 is 33.0. The lowest BCUT2D eigenvalue weighted by Gasteiger charge is -2.25. The van der Waals surface area contributed by atoms with Crippen molar-refractivity contribution in [1.29, 1.82) is 0 Å². The van der Waals surface area contributed by atoms with Crippen LogP contribution >= 0.6 is 11.3 Å². The molecule has 0 bridgehead atoms. The van der Waals surface area contributed by atoms with E-state index in [9.17, 15) is 18.3 Å². The number of nitrogens with zero attached hydrogens (tertiary/aromatic N) is 1. The Morgan fingerprint density at radius 3 is 2.61 bits per heavy atom. The van der Waals surface area contributed by atoms with E-state index in [-0.39, 0.29) is 11.3 Å². The molecule has 148 valence electrons. The van der Waals surface area contributed by atoms with Crippen molar-refractivity contribution in [3.8, 4) is 0 Å². The first-order valence-corrected chi connectivity index (χ1v) is 11.2. The van der Waals surface area contributed by atoms with Crippen molar-refractivity contribution in [3.63, 3.8) is 0 Å². The number of nitrogens with one attached hydrogen (secondary N) is 1. The summed E-state index contributed by atoms with van der Waals surface area (Å²) in [5, 5.41) is 11.5. The van der Waals surface area contributed by atoms with Crippen molar-refractivity contribution in [2.75, 3.05) is 26.3 Å². The Morgan fingerprint density at radius 2 is 1.93 bits per heavy atom. The monoisotopic (exact) mass is 420 g/mol. The lowest BCUT2D eigenvalue weighted by molar-refractivity contribution is -0.136. The molecule has 3 aromatic rings. The molecule has 4 rings (SSSR count). The molecule has 1 saturated heterocycles. The summed E-state index contributed by atoms with van der Waals surface area (Å²) in [6.45, 7) is 1.33. The number of sulfonamides is 1. The third kappa shape index (κ3) is 3.58. The van der Waals surface area contributed by atoms with Gasteiger partial charge >= 0.3 is 5.97 Å². The molecule has 1 aliphatic heterocycles. The lowest BCUT2D eigenvalue weighted by atomic mass is 10.0. The van der Waals surface area contributed by atoms with Gasteiger partial charge in [-0.25, -0.2) is 8.42 Å². The Kier molecular flexibility index (Phi) is 5.24. The average molecular weight is 421 g/mol. The van der Waals surface area contributed by atoms with Gasteiger partial charge in [0.05, 0.1) is 19.6 Å². The van der Waals surface area contributed by atoms with Crippen molar-refractivity contribution < 1.29 is 23.1 Å². The van der Waals surface area contributed by atoms with Crippen LogP contribution in [0, 0.1) is 0 Å². The molecule has 3 heterocycles. The zero-order chi connectivity index (χ0) is 19.7. The number of hydrogen-bond acceptors (Lipinski definition) is 5. The van der Waals surface area contributed by atoms with E-state index in [1.54, 1.807) is 5.38 Å². The smallest absolute Gasteiger partial charge is 0.307 e. The second-order valence-electron chi connectivity index (χ2n) is 6.64. The van der Waals surface area contributed by atoms with Crippen LogP contribution in [0.3, 0.4) is 0 Å². The molecule has 0 amide bonds. The highest BCUT2D eigenvalue weighted by molar-refractivity contribution is 7.89. The Bertz CT molecular complexity index is 1100. The number of morpholine rings is 1. The first-order valence-electron chi connectivity index (χ1n) is 8.91. The fourth-order valence-corrected chi connectivity index (χ4v) is 6.46. The summed E-state index contributed by atoms with van der Waals surface area (Å²) in [7, 11) is -3.71. The van der Waals surface area contributed by atoms with Crippen LogP contribution in [-0.4, -0.2) is 55.1 Å². The van der Waals surface area contributed by atoms with Crippen LogP contribution in [0.5, 0.6) is 0 Å². The predicted octanol–water partition coefficient (Wildman–Crippen LogP) is 2.47. The van der Waals surface area contributed by atoms with Gasteiger partial charge in [-0.15, -0.1) is 11.3 Å². The van der Waals surface area contributed by atoms with E-state index in [0.29, 0.717) is 48.5 Å². The van der Waals surface area contributed by atoms with Crippen LogP contribution in [0.15, 0.2) is 40.6 Å². The van der Waals surface area contributed by atoms with Gasteiger partial charge < -0.3 is 14.8 Å². The molecular formula is C19H20N2O5S2. The first-order chi connectivity index (χ1) is 13.5. The molecule has 0 unspecified atom stereocenters. The summed E-state index contributed by atoms with van der Waals surface area (Å²) in [6.07, 6.45) is 0.284. The third-order valence-corrected chi connectivity index (χ3v) is 7.79. The molecule has 0 atom stereocenters. The molecule has 1 aromatic carbocycles. The van der Waals surface area contributed by atoms with Gasteiger partial charge in [-0.3, -0.25) is 4.79 Å². The maximum Gasteiger partial charge on any atom is 0.307 e. The van der Waals surface area contributed by atoms with Crippen LogP contribution in [-0.2, 0) is 32.4 Å². The largest absolute Gasteiger partial charge is 0.481 e. The minimum absolute atomic E-state index is 0.182. The molecule has 2 aromatic heterocycles. The van der Waals surface area contributed by atoms with Crippen LogP contribution in [0.4, 0.5) is 0 Å². The summed E-state index contributed by atoms with van der Waals surface area (Å²) in [4.78, 5) is 15.6. The van der Waals surface area contributed by atoms with E-state index < -0.39 is 16.0 Å². The highest BCUT2D eigenvalue weighted by Gasteiger charge is 2.31. The van der Waals surface area contributed by atoms with Crippen molar-refractivity contribution in [2.45, 2.75) is 17.7 Å². The van der Waals surface area contributed by atoms with Gasteiger partial charge in [-0.1, -0.05) is 30.3 Å². The van der Waals surface area contributed by atoms with Gasteiger partial charge in [0.1, 0.15) is 9.73 Å². The summed E-state index contributed by atoms with van der Waals surface area (Å²) in [6, 6.07) is 9.69. The summed E-state index contributed by atoms with van der Waals surface area (Å²) >= 11 is 1.29. The number of ether oxygens (including phenoxy) is 1. The number of carboxylic acids is 1. The Morgan fingerprint density at radius 1 is 1.21 bits per heavy atom. The first kappa shape index (κ1) is 19.1. The molecule has 0 saturated carbocycles. The number of H-pyrrole nitrogens is 1. The molecule has 7 nitrogen and oxygen atoms in total. The lowest BCUT2D eigenvalue weighted by Crippen LogP contribution is -2.40. The van der Waals surface area contributed by atoms with Gasteiger partial charge in [0, 0.05) is 36.0 Å². The normalized spacial score (nSPS) is 15.9. The molecule has 2 N–H and O–H groups in total. The number of fused-ring (bicyclic) bond motifs is 1. The third-order valence-electron chi connectivity index (χ3n) is 4.83. The Balaban J connectivity index is 1.81. The molecule has 9 heteroatoms. The van der Waals surface area contributed by atoms with Gasteiger partial charge in [0.2, 0.25) is 10.0 Å². The van der Waals surface area contributed by atoms with Gasteiger partial charge in [0.15, 0.2) is 0 Å². The molecule has 0 radical (unpaired) electrons. The number of aliphatic carboxylic acids is 1. The zero-order valence-corrected chi connectivity index (χ0v) is 16.7. The number of aromatic amines is 1. The minimum atomic E-state index is -3.71. The van der Waals surface area contributed by atoms with E-state index in [4.69, 9.17) is 4.74 Å². The number of rotatable bonds is 6. The van der Waals surface area contributed by atoms with Crippen molar-refractivity contribution in [1.82, 2.24) is 9.29 Å². The molecule has 0 aliphatic carbocycles. The fourth-order valence-electron chi connectivity index (χ4n) is 3.50. The van der Waals surface area contributed by atoms with Crippen LogP contribution in [0.2, 0.25) is 0 Å². The highest BCUT2D eigenvalue weighted by Crippen LogP contribution is 2.36. The summed E-state index contributed by atoms with van der Waals surface area (Å²) in [5.74, 6) is -0.990. The maximum atomic E-state index is 13.2. The number of benzene rings is 1. The minimum Gasteiger partial charge on any atom is -0.481 e. The van der Waals surface area contributed by atoms with Gasteiger partial charge in [-0.2, -0.15) is 4.31 Å². The molecule has 28 heavy (non-hydrogen) atoms. The quantitative estimate of drug-likeness (QED) is 0.638. The number of hydrogen-bond donors (Lipinski definition) is 2. The molecule has 0 spiro atoms. The molecule has 1 aliphatic rings. The number of carboxylic acid groups (broad SMARTS) is 1. The van der Waals surface area contributed by atoms with E-state index in [1.807, 2.05) is 30.3 Å². The SMILES string of the molecule is O=C(O)Cc1c(Cc2ccccc2)[nH]c2scc(S(=O)(=O)N3CCOCC3)c12. The predicted molar refractivity (Wildman–Crippen MR) is 106 cm³/mol. The molecule has 1 fully saturated rings. The fraction of sp³-hybridized carbons (Fsp3) is 0.316. The van der Waals surface area contributed by atoms with Gasteiger partial charge in [-0.05, 0) is 11.1 Å². The van der Waals surface area contributed by atoms with E-state index in [1.165, 1.54) is 15.6 Å². The van der Waals surface area contributed by atoms with Gasteiger partial charge in [0.25, 0.3) is 0 Å². The van der Waals surface area contributed by atoms with Crippen molar-refractivity contribution in [2.24, 2.45) is 0 Å². The van der Waals surface area contributed by atoms with Crippen molar-refractivity contribution >= 4 is 37.5 Å². The van der Waals surface area contributed by atoms with Crippen LogP contribution in [0.1, 0.15) is 16.8 Å². The maximum absolute atomic E-state index is 13.2. The summed E-state index contributed by atoms with van der Waals surface area (Å²) in [5.41, 5.74) is 2.31. The highest BCUT2D eigenvalue weighted by atomic mass is 32.2. The molecular weight excluding hydrogens is 400 g/mol. The second-order valence-corrected chi connectivity index (χ2v) is 9.42. The van der Waals surface area contributed by atoms with Crippen molar-refractivity contribution in [3.05, 3.63) is 52.5 Å². The second kappa shape index (κ2) is 7.67.